The molecule has 1 unspecified atom stereocenters. The first-order chi connectivity index (χ1) is 9.24. The van der Waals surface area contributed by atoms with Gasteiger partial charge in [-0.2, -0.15) is 0 Å². The van der Waals surface area contributed by atoms with E-state index >= 15 is 0 Å². The topological polar surface area (TPSA) is 40.5 Å². The molecule has 1 aliphatic rings. The fraction of sp³-hybridized carbons (Fsp3) is 0.533. The van der Waals surface area contributed by atoms with Gasteiger partial charge in [0, 0.05) is 18.5 Å². The van der Waals surface area contributed by atoms with Gasteiger partial charge in [-0.25, -0.2) is 0 Å². The molecule has 1 saturated heterocycles. The van der Waals surface area contributed by atoms with Crippen LogP contribution in [-0.2, 0) is 0 Å². The van der Waals surface area contributed by atoms with Crippen molar-refractivity contribution < 1.29 is 9.90 Å². The molecule has 2 heterocycles. The third-order valence-electron chi connectivity index (χ3n) is 3.52. The molecule has 1 fully saturated rings. The van der Waals surface area contributed by atoms with Crippen LogP contribution in [0.5, 0.6) is 0 Å². The molecule has 1 aromatic rings. The fourth-order valence-electron chi connectivity index (χ4n) is 2.41. The number of rotatable bonds is 2. The number of nitrogens with zero attached hydrogens (tertiary/aromatic N) is 1. The summed E-state index contributed by atoms with van der Waals surface area (Å²) in [5, 5.41) is 10.5. The van der Waals surface area contributed by atoms with Gasteiger partial charge in [-0.15, -0.1) is 11.3 Å². The molecule has 0 aromatic carbocycles. The monoisotopic (exact) mass is 277 g/mol. The summed E-state index contributed by atoms with van der Waals surface area (Å²) in [5.41, 5.74) is 0.726. The number of hydrogen-bond acceptors (Lipinski definition) is 3. The minimum Gasteiger partial charge on any atom is -0.384 e. The number of thiophene rings is 1. The Morgan fingerprint density at radius 3 is 3.21 bits per heavy atom. The molecule has 4 heteroatoms. The lowest BCUT2D eigenvalue weighted by Crippen LogP contribution is -2.39. The molecule has 0 radical (unpaired) electrons. The molecule has 0 saturated carbocycles. The molecule has 1 N–H and O–H groups in total. The maximum Gasteiger partial charge on any atom is 0.254 e. The summed E-state index contributed by atoms with van der Waals surface area (Å²) < 4.78 is 0. The van der Waals surface area contributed by atoms with Crippen molar-refractivity contribution in [2.24, 2.45) is 5.92 Å². The summed E-state index contributed by atoms with van der Waals surface area (Å²) in [5.74, 6) is 6.20. The van der Waals surface area contributed by atoms with E-state index < -0.39 is 0 Å². The summed E-state index contributed by atoms with van der Waals surface area (Å²) >= 11 is 1.46. The highest BCUT2D eigenvalue weighted by Crippen LogP contribution is 2.22. The van der Waals surface area contributed by atoms with E-state index in [9.17, 15) is 4.79 Å². The number of aliphatic hydroxyl groups excluding tert-OH is 1. The Labute approximate surface area is 118 Å². The number of carbonyl (C=O) groups is 1. The number of likely N-dealkylation sites (tertiary alicyclic amines) is 1. The van der Waals surface area contributed by atoms with Gasteiger partial charge in [0.1, 0.15) is 6.61 Å². The lowest BCUT2D eigenvalue weighted by molar-refractivity contribution is 0.0672. The quantitative estimate of drug-likeness (QED) is 0.843. The fourth-order valence-corrected chi connectivity index (χ4v) is 3.15. The van der Waals surface area contributed by atoms with Crippen LogP contribution in [0.2, 0.25) is 0 Å². The van der Waals surface area contributed by atoms with Crippen molar-refractivity contribution in [2.75, 3.05) is 19.7 Å². The van der Waals surface area contributed by atoms with Gasteiger partial charge in [0.05, 0.1) is 10.4 Å². The first-order valence-electron chi connectivity index (χ1n) is 6.72. The van der Waals surface area contributed by atoms with Gasteiger partial charge >= 0.3 is 0 Å². The zero-order valence-corrected chi connectivity index (χ0v) is 12.0. The van der Waals surface area contributed by atoms with Gasteiger partial charge in [0.2, 0.25) is 0 Å². The van der Waals surface area contributed by atoms with Crippen LogP contribution in [0.25, 0.3) is 0 Å². The van der Waals surface area contributed by atoms with E-state index in [1.165, 1.54) is 17.8 Å². The van der Waals surface area contributed by atoms with Crippen LogP contribution < -0.4 is 0 Å². The third kappa shape index (κ3) is 3.59. The summed E-state index contributed by atoms with van der Waals surface area (Å²) in [7, 11) is 0. The zero-order chi connectivity index (χ0) is 13.7. The van der Waals surface area contributed by atoms with Crippen LogP contribution in [0.1, 0.15) is 41.4 Å². The summed E-state index contributed by atoms with van der Waals surface area (Å²) in [6, 6.07) is 1.82. The van der Waals surface area contributed by atoms with Gasteiger partial charge in [-0.05, 0) is 24.8 Å². The van der Waals surface area contributed by atoms with Crippen molar-refractivity contribution in [3.8, 4) is 11.8 Å². The molecule has 0 bridgehead atoms. The minimum atomic E-state index is -0.147. The van der Waals surface area contributed by atoms with E-state index in [0.29, 0.717) is 5.92 Å². The van der Waals surface area contributed by atoms with Crippen LogP contribution >= 0.6 is 11.3 Å². The Morgan fingerprint density at radius 2 is 2.47 bits per heavy atom. The number of hydrogen-bond donors (Lipinski definition) is 1. The molecular formula is C15H19NO2S. The largest absolute Gasteiger partial charge is 0.384 e. The molecule has 1 aliphatic heterocycles. The highest BCUT2D eigenvalue weighted by molar-refractivity contribution is 7.10. The van der Waals surface area contributed by atoms with Gasteiger partial charge in [-0.1, -0.05) is 25.2 Å². The van der Waals surface area contributed by atoms with Crippen LogP contribution in [0, 0.1) is 17.8 Å². The first kappa shape index (κ1) is 14.1. The maximum absolute atomic E-state index is 12.4. The van der Waals surface area contributed by atoms with E-state index in [1.54, 1.807) is 0 Å². The second-order valence-electron chi connectivity index (χ2n) is 4.83. The molecular weight excluding hydrogens is 258 g/mol. The first-order valence-corrected chi connectivity index (χ1v) is 7.60. The van der Waals surface area contributed by atoms with Crippen LogP contribution in [-0.4, -0.2) is 35.6 Å². The van der Waals surface area contributed by atoms with Crippen molar-refractivity contribution in [3.05, 3.63) is 21.9 Å². The Kier molecular flexibility index (Phi) is 5.00. The molecule has 2 rings (SSSR count). The predicted molar refractivity (Wildman–Crippen MR) is 77.2 cm³/mol. The highest BCUT2D eigenvalue weighted by Gasteiger charge is 2.23. The average molecular weight is 277 g/mol. The Hall–Kier alpha value is -1.31. The van der Waals surface area contributed by atoms with Crippen molar-refractivity contribution in [1.82, 2.24) is 4.90 Å². The summed E-state index contributed by atoms with van der Waals surface area (Å²) in [6.45, 7) is 3.78. The number of carbonyl (C=O) groups excluding carboxylic acids is 1. The minimum absolute atomic E-state index is 0.117. The molecule has 0 aliphatic carbocycles. The van der Waals surface area contributed by atoms with Crippen molar-refractivity contribution in [1.29, 1.82) is 0 Å². The molecule has 3 nitrogen and oxygen atoms in total. The van der Waals surface area contributed by atoms with Crippen molar-refractivity contribution >= 4 is 17.2 Å². The Balaban J connectivity index is 2.04. The molecule has 1 amide bonds. The van der Waals surface area contributed by atoms with Crippen molar-refractivity contribution in [3.63, 3.8) is 0 Å². The van der Waals surface area contributed by atoms with E-state index in [-0.39, 0.29) is 12.5 Å². The molecule has 0 spiro atoms. The van der Waals surface area contributed by atoms with E-state index in [0.717, 1.165) is 36.4 Å². The second-order valence-corrected chi connectivity index (χ2v) is 5.74. The van der Waals surface area contributed by atoms with Crippen LogP contribution in [0.4, 0.5) is 0 Å². The third-order valence-corrected chi connectivity index (χ3v) is 4.37. The maximum atomic E-state index is 12.4. The second kappa shape index (κ2) is 6.74. The number of piperidine rings is 1. The lowest BCUT2D eigenvalue weighted by Gasteiger charge is -2.32. The normalized spacial score (nSPS) is 18.8. The smallest absolute Gasteiger partial charge is 0.254 e. The summed E-state index contributed by atoms with van der Waals surface area (Å²) in [4.78, 5) is 15.2. The zero-order valence-electron chi connectivity index (χ0n) is 11.2. The average Bonchev–Trinajstić information content (AvgIpc) is 2.93. The van der Waals surface area contributed by atoms with E-state index in [2.05, 4.69) is 18.8 Å². The lowest BCUT2D eigenvalue weighted by atomic mass is 9.95. The molecule has 102 valence electrons. The van der Waals surface area contributed by atoms with Gasteiger partial charge in [0.15, 0.2) is 0 Å². The number of amides is 1. The molecule has 19 heavy (non-hydrogen) atoms. The number of aliphatic hydroxyl groups is 1. The van der Waals surface area contributed by atoms with Gasteiger partial charge in [0.25, 0.3) is 5.91 Å². The van der Waals surface area contributed by atoms with Crippen LogP contribution in [0.3, 0.4) is 0 Å². The predicted octanol–water partition coefficient (Wildman–Crippen LogP) is 2.35. The SMILES string of the molecule is CCC1CCCN(C(=O)c2csc(C#CCO)c2)C1. The van der Waals surface area contributed by atoms with E-state index in [1.807, 2.05) is 16.3 Å². The van der Waals surface area contributed by atoms with Crippen LogP contribution in [0.15, 0.2) is 11.4 Å². The van der Waals surface area contributed by atoms with E-state index in [4.69, 9.17) is 5.11 Å². The standard InChI is InChI=1S/C15H19NO2S/c1-2-12-5-3-7-16(10-12)15(18)13-9-14(19-11-13)6-4-8-17/h9,11-12,17H,2-3,5,7-8,10H2,1H3. The Morgan fingerprint density at radius 1 is 1.63 bits per heavy atom. The van der Waals surface area contributed by atoms with Gasteiger partial charge in [-0.3, -0.25) is 4.79 Å². The Bertz CT molecular complexity index is 498. The molecule has 1 atom stereocenters. The van der Waals surface area contributed by atoms with Gasteiger partial charge < -0.3 is 10.0 Å². The molecule has 1 aromatic heterocycles. The summed E-state index contributed by atoms with van der Waals surface area (Å²) in [6.07, 6.45) is 3.48. The highest BCUT2D eigenvalue weighted by atomic mass is 32.1. The van der Waals surface area contributed by atoms with Crippen molar-refractivity contribution in [2.45, 2.75) is 26.2 Å².